The minimum absolute atomic E-state index is 0.198. The molecule has 147 valence electrons. The standard InChI is InChI=1S/C14H10ClO3.C7H7O.Co.O/c1-17-11-8-6-10(7-9-11)14(16)18-13-5-3-2-4-12(13)15;1-8-7-5-3-2-4-6-7;;/h3-9H,1H3;3-6H,1H3;;. The van der Waals surface area contributed by atoms with Crippen molar-refractivity contribution in [1.29, 1.82) is 0 Å². The van der Waals surface area contributed by atoms with Gasteiger partial charge in [-0.3, -0.25) is 0 Å². The van der Waals surface area contributed by atoms with Crippen molar-refractivity contribution in [1.82, 2.24) is 0 Å². The van der Waals surface area contributed by atoms with E-state index in [1.54, 1.807) is 74.9 Å². The molecule has 0 fully saturated rings. The second kappa shape index (κ2) is 9.01. The van der Waals surface area contributed by atoms with Crippen LogP contribution in [0.1, 0.15) is 10.4 Å². The van der Waals surface area contributed by atoms with Crippen LogP contribution < -0.4 is 23.2 Å². The summed E-state index contributed by atoms with van der Waals surface area (Å²) in [5.41, 5.74) is 0.366. The van der Waals surface area contributed by atoms with E-state index in [0.29, 0.717) is 26.1 Å². The van der Waals surface area contributed by atoms with Crippen LogP contribution in [0.3, 0.4) is 0 Å². The van der Waals surface area contributed by atoms with Crippen LogP contribution in [-0.4, -0.2) is 20.2 Å². The molecule has 0 aliphatic carbocycles. The Bertz CT molecular complexity index is 1000. The molecule has 0 atom stereocenters. The van der Waals surface area contributed by atoms with E-state index < -0.39 is 19.6 Å². The molecular weight excluding hydrogens is 427 g/mol. The summed E-state index contributed by atoms with van der Waals surface area (Å²) in [6.45, 7) is 0. The first kappa shape index (κ1) is 20.1. The van der Waals surface area contributed by atoms with Gasteiger partial charge in [-0.1, -0.05) is 0 Å². The number of esters is 1. The van der Waals surface area contributed by atoms with Crippen molar-refractivity contribution in [3.8, 4) is 17.2 Å². The van der Waals surface area contributed by atoms with E-state index in [2.05, 4.69) is 0 Å². The normalized spacial score (nSPS) is 10.9. The van der Waals surface area contributed by atoms with Crippen LogP contribution in [-0.2, 0) is 17.5 Å². The molecule has 0 aromatic heterocycles. The molecule has 0 saturated carbocycles. The van der Waals surface area contributed by atoms with Gasteiger partial charge in [0, 0.05) is 0 Å². The molecule has 3 aromatic carbocycles. The van der Waals surface area contributed by atoms with Crippen LogP contribution in [0.4, 0.5) is 0 Å². The second-order valence-corrected chi connectivity index (χ2v) is 7.81. The number of hydrogen-bond donors (Lipinski definition) is 0. The molecular formula is C21H17ClCoO5. The van der Waals surface area contributed by atoms with Gasteiger partial charge in [0.1, 0.15) is 0 Å². The second-order valence-electron chi connectivity index (χ2n) is 5.52. The van der Waals surface area contributed by atoms with Gasteiger partial charge in [-0.25, -0.2) is 0 Å². The summed E-state index contributed by atoms with van der Waals surface area (Å²) in [5, 5.41) is 0.204. The fourth-order valence-corrected chi connectivity index (χ4v) is 3.97. The van der Waals surface area contributed by atoms with Crippen molar-refractivity contribution < 1.29 is 36.5 Å². The van der Waals surface area contributed by atoms with Gasteiger partial charge in [-0.2, -0.15) is 0 Å². The van der Waals surface area contributed by atoms with Gasteiger partial charge >= 0.3 is 172 Å². The Labute approximate surface area is 171 Å². The number of rotatable bonds is 6. The number of benzene rings is 3. The van der Waals surface area contributed by atoms with Crippen LogP contribution in [0.15, 0.2) is 66.7 Å². The molecule has 0 spiro atoms. The fourth-order valence-electron chi connectivity index (χ4n) is 2.30. The van der Waals surface area contributed by atoms with Gasteiger partial charge in [0.2, 0.25) is 0 Å². The zero-order valence-electron chi connectivity index (χ0n) is 15.1. The van der Waals surface area contributed by atoms with Crippen LogP contribution in [0, 0.1) is 0 Å². The molecule has 7 heteroatoms. The van der Waals surface area contributed by atoms with Gasteiger partial charge in [0.15, 0.2) is 0 Å². The maximum absolute atomic E-state index is 12.7. The van der Waals surface area contributed by atoms with Gasteiger partial charge in [0.25, 0.3) is 0 Å². The predicted octanol–water partition coefficient (Wildman–Crippen LogP) is 3.49. The molecule has 0 bridgehead atoms. The first-order chi connectivity index (χ1) is 13.5. The van der Waals surface area contributed by atoms with E-state index in [0.717, 1.165) is 0 Å². The summed E-state index contributed by atoms with van der Waals surface area (Å²) in [7, 11) is 3.12. The molecule has 0 radical (unpaired) electrons. The molecule has 3 rings (SSSR count). The first-order valence-electron chi connectivity index (χ1n) is 8.13. The number of hydrogen-bond acceptors (Lipinski definition) is 5. The number of halogens is 1. The zero-order valence-corrected chi connectivity index (χ0v) is 16.9. The number of ether oxygens (including phenoxy) is 3. The summed E-state index contributed by atoms with van der Waals surface area (Å²) in [4.78, 5) is 12.3. The summed E-state index contributed by atoms with van der Waals surface area (Å²) in [5.74, 6) is 0.979. The Kier molecular flexibility index (Phi) is 6.46. The van der Waals surface area contributed by atoms with Crippen molar-refractivity contribution >= 4 is 26.6 Å². The molecule has 0 N–H and O–H groups in total. The van der Waals surface area contributed by atoms with Crippen molar-refractivity contribution in [2.24, 2.45) is 0 Å². The predicted molar refractivity (Wildman–Crippen MR) is 102 cm³/mol. The Morgan fingerprint density at radius 1 is 0.821 bits per heavy atom. The van der Waals surface area contributed by atoms with Gasteiger partial charge in [-0.05, 0) is 0 Å². The molecule has 28 heavy (non-hydrogen) atoms. The summed E-state index contributed by atoms with van der Waals surface area (Å²) < 4.78 is 29.4. The van der Waals surface area contributed by atoms with Crippen molar-refractivity contribution in [2.75, 3.05) is 14.2 Å². The van der Waals surface area contributed by atoms with Crippen molar-refractivity contribution in [3.05, 3.63) is 77.3 Å². The number of carbonyl (C=O) groups excluding carboxylic acids is 1. The molecule has 0 aliphatic rings. The summed E-state index contributed by atoms with van der Waals surface area (Å²) >= 11 is 4.44. The molecule has 0 saturated heterocycles. The third-order valence-electron chi connectivity index (χ3n) is 3.79. The Morgan fingerprint density at radius 2 is 1.36 bits per heavy atom. The summed E-state index contributed by atoms with van der Waals surface area (Å²) in [6.07, 6.45) is 0. The van der Waals surface area contributed by atoms with Crippen molar-refractivity contribution in [2.45, 2.75) is 0 Å². The van der Waals surface area contributed by atoms with E-state index in [4.69, 9.17) is 25.8 Å². The van der Waals surface area contributed by atoms with Crippen LogP contribution in [0.2, 0.25) is 5.02 Å². The number of methoxy groups -OCH3 is 2. The third-order valence-corrected chi connectivity index (χ3v) is 5.85. The third kappa shape index (κ3) is 4.59. The van der Waals surface area contributed by atoms with Crippen LogP contribution in [0.25, 0.3) is 0 Å². The van der Waals surface area contributed by atoms with Gasteiger partial charge in [0.05, 0.1) is 0 Å². The van der Waals surface area contributed by atoms with E-state index >= 15 is 0 Å². The van der Waals surface area contributed by atoms with Crippen LogP contribution in [0.5, 0.6) is 17.2 Å². The summed E-state index contributed by atoms with van der Waals surface area (Å²) in [6, 6.07) is 18.2. The average molecular weight is 444 g/mol. The quantitative estimate of drug-likeness (QED) is 0.431. The van der Waals surface area contributed by atoms with E-state index in [1.165, 1.54) is 6.07 Å². The first-order valence-corrected chi connectivity index (χ1v) is 9.97. The van der Waals surface area contributed by atoms with Crippen molar-refractivity contribution in [3.63, 3.8) is 0 Å². The number of carbonyl (C=O) groups is 1. The van der Waals surface area contributed by atoms with E-state index in [1.807, 2.05) is 0 Å². The van der Waals surface area contributed by atoms with E-state index in [9.17, 15) is 8.66 Å². The topological polar surface area (TPSA) is 61.8 Å². The van der Waals surface area contributed by atoms with Gasteiger partial charge in [-0.15, -0.1) is 0 Å². The maximum atomic E-state index is 12.7. The van der Waals surface area contributed by atoms with Gasteiger partial charge < -0.3 is 0 Å². The monoisotopic (exact) mass is 443 g/mol. The van der Waals surface area contributed by atoms with Crippen LogP contribution >= 0.6 is 11.6 Å². The molecule has 0 aliphatic heterocycles. The molecule has 0 heterocycles. The molecule has 3 aromatic rings. The molecule has 0 amide bonds. The fraction of sp³-hybridized carbons (Fsp3) is 0.0952. The Hall–Kier alpha value is -2.67. The average Bonchev–Trinajstić information content (AvgIpc) is 2.74. The molecule has 5 nitrogen and oxygen atoms in total. The van der Waals surface area contributed by atoms with E-state index in [-0.39, 0.29) is 10.8 Å². The Morgan fingerprint density at radius 3 is 1.89 bits per heavy atom. The minimum atomic E-state index is -1.81. The molecule has 0 unspecified atom stereocenters. The Balaban J connectivity index is 1.75. The SMILES string of the molecule is COc1ccc(C(=O)Oc2cc[c]([Co](=[O])[c]3ccc(OC)cc3)cc2Cl)cc1. The zero-order chi connectivity index (χ0) is 20.1.